The Labute approximate surface area is 113 Å². The smallest absolute Gasteiger partial charge is 0.407 e. The van der Waals surface area contributed by atoms with Crippen molar-refractivity contribution in [2.45, 2.75) is 63.7 Å². The molecule has 0 aliphatic heterocycles. The molecule has 0 atom stereocenters. The molecule has 0 heterocycles. The molecule has 1 fully saturated rings. The van der Waals surface area contributed by atoms with Crippen molar-refractivity contribution in [2.24, 2.45) is 0 Å². The number of aliphatic carboxylic acids is 1. The monoisotopic (exact) mass is 273 g/mol. The molecule has 1 rings (SSSR count). The molecule has 1 aliphatic carbocycles. The van der Waals surface area contributed by atoms with Crippen molar-refractivity contribution in [2.75, 3.05) is 7.11 Å². The number of carbonyl (C=O) groups is 2. The highest BCUT2D eigenvalue weighted by atomic mass is 16.6. The van der Waals surface area contributed by atoms with Gasteiger partial charge in [0.15, 0.2) is 5.60 Å². The third-order valence-electron chi connectivity index (χ3n) is 3.29. The molecule has 1 aliphatic rings. The van der Waals surface area contributed by atoms with Gasteiger partial charge in [0.25, 0.3) is 0 Å². The first-order chi connectivity index (χ1) is 8.68. The SMILES string of the molecule is COC1(C(=O)O)CCC(NC(=O)OC(C)(C)C)CC1. The Balaban J connectivity index is 2.46. The Morgan fingerprint density at radius 3 is 2.16 bits per heavy atom. The van der Waals surface area contributed by atoms with Crippen LogP contribution >= 0.6 is 0 Å². The maximum Gasteiger partial charge on any atom is 0.407 e. The van der Waals surface area contributed by atoms with Gasteiger partial charge >= 0.3 is 12.1 Å². The molecule has 6 nitrogen and oxygen atoms in total. The Morgan fingerprint density at radius 2 is 1.79 bits per heavy atom. The number of hydrogen-bond acceptors (Lipinski definition) is 4. The van der Waals surface area contributed by atoms with E-state index in [9.17, 15) is 14.7 Å². The molecule has 0 aromatic carbocycles. The van der Waals surface area contributed by atoms with Gasteiger partial charge in [-0.1, -0.05) is 0 Å². The number of alkyl carbamates (subject to hydrolysis) is 1. The van der Waals surface area contributed by atoms with Gasteiger partial charge in [-0.15, -0.1) is 0 Å². The highest BCUT2D eigenvalue weighted by Crippen LogP contribution is 2.31. The zero-order valence-electron chi connectivity index (χ0n) is 12.0. The Morgan fingerprint density at radius 1 is 1.26 bits per heavy atom. The van der Waals surface area contributed by atoms with Crippen LogP contribution in [0.1, 0.15) is 46.5 Å². The second-order valence-electron chi connectivity index (χ2n) is 5.92. The van der Waals surface area contributed by atoms with Crippen molar-refractivity contribution >= 4 is 12.1 Å². The van der Waals surface area contributed by atoms with Gasteiger partial charge in [0.2, 0.25) is 0 Å². The topological polar surface area (TPSA) is 84.9 Å². The van der Waals surface area contributed by atoms with Crippen LogP contribution in [0.4, 0.5) is 4.79 Å². The summed E-state index contributed by atoms with van der Waals surface area (Å²) in [4.78, 5) is 22.8. The van der Waals surface area contributed by atoms with Crippen molar-refractivity contribution in [1.29, 1.82) is 0 Å². The Hall–Kier alpha value is -1.30. The lowest BCUT2D eigenvalue weighted by Gasteiger charge is -2.36. The molecule has 0 aromatic rings. The number of ether oxygens (including phenoxy) is 2. The van der Waals surface area contributed by atoms with Gasteiger partial charge in [0.1, 0.15) is 5.60 Å². The molecule has 6 heteroatoms. The lowest BCUT2D eigenvalue weighted by molar-refractivity contribution is -0.166. The van der Waals surface area contributed by atoms with Crippen molar-refractivity contribution in [3.05, 3.63) is 0 Å². The van der Waals surface area contributed by atoms with Gasteiger partial charge < -0.3 is 19.9 Å². The van der Waals surface area contributed by atoms with Crippen LogP contribution in [0, 0.1) is 0 Å². The average molecular weight is 273 g/mol. The van der Waals surface area contributed by atoms with Crippen LogP contribution in [0.3, 0.4) is 0 Å². The zero-order valence-corrected chi connectivity index (χ0v) is 12.0. The first kappa shape index (κ1) is 15.8. The summed E-state index contributed by atoms with van der Waals surface area (Å²) < 4.78 is 10.3. The quantitative estimate of drug-likeness (QED) is 0.820. The molecule has 1 amide bonds. The van der Waals surface area contributed by atoms with Gasteiger partial charge in [-0.25, -0.2) is 9.59 Å². The molecule has 1 saturated carbocycles. The second kappa shape index (κ2) is 5.77. The summed E-state index contributed by atoms with van der Waals surface area (Å²) in [6, 6.07) is -0.0579. The Kier molecular flexibility index (Phi) is 4.79. The van der Waals surface area contributed by atoms with Gasteiger partial charge in [0.05, 0.1) is 0 Å². The number of rotatable bonds is 3. The highest BCUT2D eigenvalue weighted by Gasteiger charge is 2.42. The van der Waals surface area contributed by atoms with E-state index in [1.54, 1.807) is 20.8 Å². The number of hydrogen-bond donors (Lipinski definition) is 2. The summed E-state index contributed by atoms with van der Waals surface area (Å²) in [5.41, 5.74) is -1.64. The average Bonchev–Trinajstić information content (AvgIpc) is 2.27. The number of carboxylic acids is 1. The fourth-order valence-corrected chi connectivity index (χ4v) is 2.21. The van der Waals surface area contributed by atoms with E-state index >= 15 is 0 Å². The summed E-state index contributed by atoms with van der Waals surface area (Å²) in [6.07, 6.45) is 1.45. The molecule has 0 aromatic heterocycles. The summed E-state index contributed by atoms with van der Waals surface area (Å²) in [7, 11) is 1.41. The number of methoxy groups -OCH3 is 1. The molecule has 0 radical (unpaired) electrons. The van der Waals surface area contributed by atoms with E-state index in [1.807, 2.05) is 0 Å². The van der Waals surface area contributed by atoms with Crippen LogP contribution in [-0.2, 0) is 14.3 Å². The van der Waals surface area contributed by atoms with Crippen LogP contribution in [0.2, 0.25) is 0 Å². The van der Waals surface area contributed by atoms with Crippen LogP contribution in [0.25, 0.3) is 0 Å². The summed E-state index contributed by atoms with van der Waals surface area (Å²) >= 11 is 0. The normalized spacial score (nSPS) is 27.7. The third-order valence-corrected chi connectivity index (χ3v) is 3.29. The molecule has 0 unspecified atom stereocenters. The van der Waals surface area contributed by atoms with Gasteiger partial charge in [-0.2, -0.15) is 0 Å². The van der Waals surface area contributed by atoms with E-state index in [-0.39, 0.29) is 6.04 Å². The van der Waals surface area contributed by atoms with E-state index < -0.39 is 23.3 Å². The zero-order chi connectivity index (χ0) is 14.7. The Bertz CT molecular complexity index is 339. The van der Waals surface area contributed by atoms with Gasteiger partial charge in [-0.05, 0) is 46.5 Å². The minimum Gasteiger partial charge on any atom is -0.479 e. The molecular weight excluding hydrogens is 250 g/mol. The second-order valence-corrected chi connectivity index (χ2v) is 5.92. The summed E-state index contributed by atoms with van der Waals surface area (Å²) in [5, 5.41) is 11.9. The molecular formula is C13H23NO5. The van der Waals surface area contributed by atoms with E-state index in [1.165, 1.54) is 7.11 Å². The maximum atomic E-state index is 11.6. The first-order valence-corrected chi connectivity index (χ1v) is 6.46. The molecule has 0 bridgehead atoms. The van der Waals surface area contributed by atoms with Crippen LogP contribution in [0.15, 0.2) is 0 Å². The molecule has 110 valence electrons. The molecule has 19 heavy (non-hydrogen) atoms. The van der Waals surface area contributed by atoms with Gasteiger partial charge in [0, 0.05) is 13.2 Å². The van der Waals surface area contributed by atoms with Crippen molar-refractivity contribution in [1.82, 2.24) is 5.32 Å². The van der Waals surface area contributed by atoms with E-state index in [2.05, 4.69) is 5.32 Å². The molecule has 0 spiro atoms. The lowest BCUT2D eigenvalue weighted by Crippen LogP contribution is -2.49. The van der Waals surface area contributed by atoms with E-state index in [0.717, 1.165) is 0 Å². The summed E-state index contributed by atoms with van der Waals surface area (Å²) in [6.45, 7) is 5.40. The standard InChI is InChI=1S/C13H23NO5/c1-12(2,3)19-11(17)14-9-5-7-13(18-4,8-6-9)10(15)16/h9H,5-8H2,1-4H3,(H,14,17)(H,15,16). The third kappa shape index (κ3) is 4.38. The first-order valence-electron chi connectivity index (χ1n) is 6.46. The minimum atomic E-state index is -1.11. The van der Waals surface area contributed by atoms with Crippen molar-refractivity contribution in [3.8, 4) is 0 Å². The largest absolute Gasteiger partial charge is 0.479 e. The lowest BCUT2D eigenvalue weighted by atomic mass is 9.82. The van der Waals surface area contributed by atoms with Crippen LogP contribution in [-0.4, -0.2) is 41.5 Å². The predicted molar refractivity (Wildman–Crippen MR) is 69.0 cm³/mol. The van der Waals surface area contributed by atoms with Crippen molar-refractivity contribution in [3.63, 3.8) is 0 Å². The van der Waals surface area contributed by atoms with Gasteiger partial charge in [-0.3, -0.25) is 0 Å². The van der Waals surface area contributed by atoms with Crippen LogP contribution < -0.4 is 5.32 Å². The van der Waals surface area contributed by atoms with E-state index in [4.69, 9.17) is 9.47 Å². The fraction of sp³-hybridized carbons (Fsp3) is 0.846. The number of amides is 1. The van der Waals surface area contributed by atoms with E-state index in [0.29, 0.717) is 25.7 Å². The predicted octanol–water partition coefficient (Wildman–Crippen LogP) is 1.92. The maximum absolute atomic E-state index is 11.6. The fourth-order valence-electron chi connectivity index (χ4n) is 2.21. The number of carbonyl (C=O) groups excluding carboxylic acids is 1. The number of carboxylic acid groups (broad SMARTS) is 1. The minimum absolute atomic E-state index is 0.0579. The molecule has 2 N–H and O–H groups in total. The summed E-state index contributed by atoms with van der Waals surface area (Å²) in [5.74, 6) is -0.939. The molecule has 0 saturated heterocycles. The highest BCUT2D eigenvalue weighted by molar-refractivity contribution is 5.77. The van der Waals surface area contributed by atoms with Crippen LogP contribution in [0.5, 0.6) is 0 Å². The van der Waals surface area contributed by atoms with Crippen molar-refractivity contribution < 1.29 is 24.2 Å². The number of nitrogens with one attached hydrogen (secondary N) is 1.